The maximum Gasteiger partial charge on any atom is 0.416 e. The third kappa shape index (κ3) is 5.10. The lowest BCUT2D eigenvalue weighted by Crippen LogP contribution is -2.33. The Bertz CT molecular complexity index is 507. The van der Waals surface area contributed by atoms with Crippen molar-refractivity contribution in [2.75, 3.05) is 32.1 Å². The van der Waals surface area contributed by atoms with Crippen molar-refractivity contribution in [3.63, 3.8) is 0 Å². The fourth-order valence-corrected chi connectivity index (χ4v) is 1.60. The molecule has 0 atom stereocenters. The Morgan fingerprint density at radius 2 is 2.09 bits per heavy atom. The molecule has 2 N–H and O–H groups in total. The van der Waals surface area contributed by atoms with Gasteiger partial charge in [0.1, 0.15) is 5.75 Å². The van der Waals surface area contributed by atoms with E-state index in [1.807, 2.05) is 6.92 Å². The van der Waals surface area contributed by atoms with E-state index in [0.717, 1.165) is 17.0 Å². The monoisotopic (exact) mass is 320 g/mol. The van der Waals surface area contributed by atoms with Gasteiger partial charge in [-0.15, -0.1) is 0 Å². The number of carbonyl (C=O) groups is 1. The fourth-order valence-electron chi connectivity index (χ4n) is 1.60. The Kier molecular flexibility index (Phi) is 6.48. The van der Waals surface area contributed by atoms with Gasteiger partial charge in [-0.05, 0) is 24.6 Å². The second kappa shape index (κ2) is 7.88. The van der Waals surface area contributed by atoms with Crippen LogP contribution in [-0.4, -0.2) is 42.8 Å². The molecule has 2 amide bonds. The summed E-state index contributed by atoms with van der Waals surface area (Å²) in [7, 11) is 1.42. The van der Waals surface area contributed by atoms with E-state index in [2.05, 4.69) is 5.32 Å². The van der Waals surface area contributed by atoms with E-state index >= 15 is 0 Å². The van der Waals surface area contributed by atoms with Crippen molar-refractivity contribution >= 4 is 11.7 Å². The molecule has 0 unspecified atom stereocenters. The van der Waals surface area contributed by atoms with Crippen LogP contribution in [0.1, 0.15) is 18.9 Å². The van der Waals surface area contributed by atoms with E-state index in [1.54, 1.807) is 0 Å². The molecule has 0 fully saturated rings. The first-order chi connectivity index (χ1) is 10.3. The molecule has 5 nitrogen and oxygen atoms in total. The van der Waals surface area contributed by atoms with Gasteiger partial charge in [0.15, 0.2) is 0 Å². The van der Waals surface area contributed by atoms with Crippen LogP contribution in [0.2, 0.25) is 0 Å². The first-order valence-corrected chi connectivity index (χ1v) is 6.76. The summed E-state index contributed by atoms with van der Waals surface area (Å²) in [6, 6.07) is 2.28. The Hall–Kier alpha value is -1.96. The van der Waals surface area contributed by atoms with Crippen LogP contribution in [0, 0.1) is 0 Å². The number of amides is 2. The van der Waals surface area contributed by atoms with Gasteiger partial charge in [-0.1, -0.05) is 6.92 Å². The van der Waals surface area contributed by atoms with Crippen molar-refractivity contribution in [2.45, 2.75) is 19.5 Å². The summed E-state index contributed by atoms with van der Waals surface area (Å²) < 4.78 is 43.7. The standard InChI is InChI=1S/C14H19F3N2O3/c1-3-8-22-12-5-4-10(14(15,16)17)9-11(12)18-13(21)19(2)6-7-20/h4-5,9,20H,3,6-8H2,1-2H3,(H,18,21). The number of benzene rings is 1. The fraction of sp³-hybridized carbons (Fsp3) is 0.500. The van der Waals surface area contributed by atoms with Crippen LogP contribution in [0.5, 0.6) is 5.75 Å². The molecule has 0 aliphatic rings. The normalized spacial score (nSPS) is 11.2. The van der Waals surface area contributed by atoms with E-state index < -0.39 is 17.8 Å². The number of ether oxygens (including phenoxy) is 1. The van der Waals surface area contributed by atoms with Crippen LogP contribution >= 0.6 is 0 Å². The average molecular weight is 320 g/mol. The van der Waals surface area contributed by atoms with Crippen LogP contribution < -0.4 is 10.1 Å². The summed E-state index contributed by atoms with van der Waals surface area (Å²) >= 11 is 0. The maximum atomic E-state index is 12.8. The minimum atomic E-state index is -4.51. The van der Waals surface area contributed by atoms with Crippen molar-refractivity contribution in [1.29, 1.82) is 0 Å². The van der Waals surface area contributed by atoms with Gasteiger partial charge < -0.3 is 20.1 Å². The summed E-state index contributed by atoms with van der Waals surface area (Å²) in [6.45, 7) is 2.00. The molecule has 124 valence electrons. The summed E-state index contributed by atoms with van der Waals surface area (Å²) in [5.74, 6) is 0.167. The highest BCUT2D eigenvalue weighted by molar-refractivity contribution is 5.91. The van der Waals surface area contributed by atoms with E-state index in [-0.39, 0.29) is 24.6 Å². The number of likely N-dealkylation sites (N-methyl/N-ethyl adjacent to an activating group) is 1. The first kappa shape index (κ1) is 18.1. The molecule has 0 spiro atoms. The highest BCUT2D eigenvalue weighted by Crippen LogP contribution is 2.35. The van der Waals surface area contributed by atoms with Crippen LogP contribution in [0.15, 0.2) is 18.2 Å². The predicted octanol–water partition coefficient (Wildman–Crippen LogP) is 2.95. The molecule has 0 aromatic heterocycles. The summed E-state index contributed by atoms with van der Waals surface area (Å²) in [6.07, 6.45) is -3.83. The molecule has 1 aromatic carbocycles. The molecule has 0 bridgehead atoms. The number of nitrogens with one attached hydrogen (secondary N) is 1. The number of nitrogens with zero attached hydrogens (tertiary/aromatic N) is 1. The lowest BCUT2D eigenvalue weighted by molar-refractivity contribution is -0.137. The van der Waals surface area contributed by atoms with Gasteiger partial charge in [0, 0.05) is 13.6 Å². The first-order valence-electron chi connectivity index (χ1n) is 6.76. The second-order valence-electron chi connectivity index (χ2n) is 4.63. The largest absolute Gasteiger partial charge is 0.491 e. The molecule has 0 radical (unpaired) electrons. The summed E-state index contributed by atoms with van der Waals surface area (Å²) in [5.41, 5.74) is -0.936. The molecule has 22 heavy (non-hydrogen) atoms. The van der Waals surface area contributed by atoms with Gasteiger partial charge in [0.05, 0.1) is 24.5 Å². The van der Waals surface area contributed by atoms with Gasteiger partial charge in [-0.25, -0.2) is 4.79 Å². The summed E-state index contributed by atoms with van der Waals surface area (Å²) in [4.78, 5) is 13.0. The van der Waals surface area contributed by atoms with E-state index in [4.69, 9.17) is 9.84 Å². The topological polar surface area (TPSA) is 61.8 Å². The van der Waals surface area contributed by atoms with Gasteiger partial charge in [-0.2, -0.15) is 13.2 Å². The van der Waals surface area contributed by atoms with Crippen molar-refractivity contribution < 1.29 is 27.8 Å². The Labute approximate surface area is 126 Å². The highest BCUT2D eigenvalue weighted by Gasteiger charge is 2.31. The van der Waals surface area contributed by atoms with E-state index in [0.29, 0.717) is 13.0 Å². The molecule has 8 heteroatoms. The van der Waals surface area contributed by atoms with Crippen molar-refractivity contribution in [3.8, 4) is 5.75 Å². The molecule has 0 aliphatic carbocycles. The van der Waals surface area contributed by atoms with Crippen LogP contribution in [0.4, 0.5) is 23.7 Å². The minimum Gasteiger partial charge on any atom is -0.491 e. The molecular weight excluding hydrogens is 301 g/mol. The molecule has 0 saturated heterocycles. The van der Waals surface area contributed by atoms with Crippen molar-refractivity contribution in [3.05, 3.63) is 23.8 Å². The van der Waals surface area contributed by atoms with Gasteiger partial charge in [0.25, 0.3) is 0 Å². The number of urea groups is 1. The van der Waals surface area contributed by atoms with Crippen LogP contribution in [0.3, 0.4) is 0 Å². The maximum absolute atomic E-state index is 12.8. The third-order valence-corrected chi connectivity index (χ3v) is 2.79. The lowest BCUT2D eigenvalue weighted by atomic mass is 10.1. The van der Waals surface area contributed by atoms with E-state index in [1.165, 1.54) is 13.1 Å². The van der Waals surface area contributed by atoms with Crippen LogP contribution in [0.25, 0.3) is 0 Å². The van der Waals surface area contributed by atoms with Crippen molar-refractivity contribution in [2.24, 2.45) is 0 Å². The van der Waals surface area contributed by atoms with E-state index in [9.17, 15) is 18.0 Å². The molecular formula is C14H19F3N2O3. The number of alkyl halides is 3. The Balaban J connectivity index is 3.03. The zero-order valence-electron chi connectivity index (χ0n) is 12.4. The SMILES string of the molecule is CCCOc1ccc(C(F)(F)F)cc1NC(=O)N(C)CCO. The smallest absolute Gasteiger partial charge is 0.416 e. The number of anilines is 1. The molecule has 0 saturated carbocycles. The Morgan fingerprint density at radius 3 is 2.64 bits per heavy atom. The number of rotatable bonds is 6. The predicted molar refractivity (Wildman–Crippen MR) is 76.0 cm³/mol. The average Bonchev–Trinajstić information content (AvgIpc) is 2.45. The quantitative estimate of drug-likeness (QED) is 0.847. The molecule has 1 aromatic rings. The van der Waals surface area contributed by atoms with Gasteiger partial charge in [-0.3, -0.25) is 0 Å². The summed E-state index contributed by atoms with van der Waals surface area (Å²) in [5, 5.41) is 11.1. The number of hydrogen-bond donors (Lipinski definition) is 2. The number of aliphatic hydroxyl groups is 1. The number of carbonyl (C=O) groups excluding carboxylic acids is 1. The third-order valence-electron chi connectivity index (χ3n) is 2.79. The lowest BCUT2D eigenvalue weighted by Gasteiger charge is -2.19. The number of halogens is 3. The molecule has 0 heterocycles. The Morgan fingerprint density at radius 1 is 1.41 bits per heavy atom. The van der Waals surface area contributed by atoms with Crippen molar-refractivity contribution in [1.82, 2.24) is 4.90 Å². The van der Waals surface area contributed by atoms with Gasteiger partial charge in [0.2, 0.25) is 0 Å². The second-order valence-corrected chi connectivity index (χ2v) is 4.63. The van der Waals surface area contributed by atoms with Crippen LogP contribution in [-0.2, 0) is 6.18 Å². The number of aliphatic hydroxyl groups excluding tert-OH is 1. The molecule has 1 rings (SSSR count). The molecule has 0 aliphatic heterocycles. The van der Waals surface area contributed by atoms with Gasteiger partial charge >= 0.3 is 12.2 Å². The zero-order valence-corrected chi connectivity index (χ0v) is 12.4. The zero-order chi connectivity index (χ0) is 16.8. The highest BCUT2D eigenvalue weighted by atomic mass is 19.4. The minimum absolute atomic E-state index is 0.0573. The number of hydrogen-bond acceptors (Lipinski definition) is 3.